The molecule has 0 saturated heterocycles. The van der Waals surface area contributed by atoms with Crippen molar-refractivity contribution in [3.05, 3.63) is 102 Å². The molecule has 0 unspecified atom stereocenters. The molecule has 1 aliphatic heterocycles. The van der Waals surface area contributed by atoms with Gasteiger partial charge < -0.3 is 10.2 Å². The van der Waals surface area contributed by atoms with Crippen molar-refractivity contribution in [2.45, 2.75) is 13.5 Å². The largest absolute Gasteiger partial charge is 0.365 e. The topological polar surface area (TPSA) is 69.7 Å². The fourth-order valence-electron chi connectivity index (χ4n) is 3.81. The van der Waals surface area contributed by atoms with E-state index in [1.165, 1.54) is 11.8 Å². The molecule has 1 aliphatic rings. The molecule has 3 aromatic carbocycles. The summed E-state index contributed by atoms with van der Waals surface area (Å²) in [6.45, 7) is 1.91. The Morgan fingerprint density at radius 2 is 1.44 bits per heavy atom. The first-order valence-electron chi connectivity index (χ1n) is 10.3. The van der Waals surface area contributed by atoms with Crippen molar-refractivity contribution < 1.29 is 14.4 Å². The van der Waals surface area contributed by atoms with Crippen LogP contribution in [0, 0.1) is 0 Å². The minimum atomic E-state index is -0.375. The highest BCUT2D eigenvalue weighted by molar-refractivity contribution is 6.45. The fraction of sp³-hybridized carbons (Fsp3) is 0.115. The zero-order valence-corrected chi connectivity index (χ0v) is 17.9. The summed E-state index contributed by atoms with van der Waals surface area (Å²) in [5.41, 5.74) is 3.51. The molecule has 3 aromatic rings. The summed E-state index contributed by atoms with van der Waals surface area (Å²) < 4.78 is 0. The van der Waals surface area contributed by atoms with E-state index in [4.69, 9.17) is 0 Å². The van der Waals surface area contributed by atoms with Crippen LogP contribution in [0.3, 0.4) is 0 Å². The van der Waals surface area contributed by atoms with Crippen LogP contribution in [0.5, 0.6) is 0 Å². The summed E-state index contributed by atoms with van der Waals surface area (Å²) in [5, 5.41) is 2.69. The lowest BCUT2D eigenvalue weighted by Gasteiger charge is -2.21. The average Bonchev–Trinajstić information content (AvgIpc) is 3.05. The fourth-order valence-corrected chi connectivity index (χ4v) is 3.81. The van der Waals surface area contributed by atoms with Crippen molar-refractivity contribution >= 4 is 34.7 Å². The van der Waals surface area contributed by atoms with Crippen LogP contribution in [0.25, 0.3) is 5.57 Å². The van der Waals surface area contributed by atoms with Crippen LogP contribution in [0.4, 0.5) is 11.4 Å². The minimum Gasteiger partial charge on any atom is -0.365 e. The van der Waals surface area contributed by atoms with E-state index >= 15 is 0 Å². The normalized spacial score (nSPS) is 13.5. The van der Waals surface area contributed by atoms with Crippen molar-refractivity contribution in [3.63, 3.8) is 0 Å². The predicted molar refractivity (Wildman–Crippen MR) is 125 cm³/mol. The molecule has 0 radical (unpaired) electrons. The van der Waals surface area contributed by atoms with Crippen LogP contribution < -0.4 is 10.2 Å². The Morgan fingerprint density at radius 3 is 2.03 bits per heavy atom. The van der Waals surface area contributed by atoms with Gasteiger partial charge in [-0.05, 0) is 35.4 Å². The summed E-state index contributed by atoms with van der Waals surface area (Å²) in [6.07, 6.45) is 0. The number of carbonyl (C=O) groups excluding carboxylic acids is 3. The van der Waals surface area contributed by atoms with E-state index in [0.717, 1.165) is 5.56 Å². The van der Waals surface area contributed by atoms with Gasteiger partial charge in [0.2, 0.25) is 5.91 Å². The second-order valence-electron chi connectivity index (χ2n) is 7.61. The van der Waals surface area contributed by atoms with Crippen LogP contribution >= 0.6 is 0 Å². The third-order valence-electron chi connectivity index (χ3n) is 5.21. The zero-order valence-electron chi connectivity index (χ0n) is 17.9. The molecular formula is C26H23N3O3. The monoisotopic (exact) mass is 425 g/mol. The van der Waals surface area contributed by atoms with E-state index in [1.54, 1.807) is 24.3 Å². The molecule has 0 atom stereocenters. The number of likely N-dealkylation sites (N-methyl/N-ethyl adjacent to an activating group) is 1. The summed E-state index contributed by atoms with van der Waals surface area (Å²) in [5.74, 6) is -0.938. The van der Waals surface area contributed by atoms with Crippen LogP contribution in [0.1, 0.15) is 18.1 Å². The molecule has 32 heavy (non-hydrogen) atoms. The number of anilines is 2. The summed E-state index contributed by atoms with van der Waals surface area (Å²) in [4.78, 5) is 41.3. The van der Waals surface area contributed by atoms with Gasteiger partial charge >= 0.3 is 0 Å². The number of hydrogen-bond donors (Lipinski definition) is 1. The van der Waals surface area contributed by atoms with Gasteiger partial charge in [-0.15, -0.1) is 0 Å². The van der Waals surface area contributed by atoms with Gasteiger partial charge in [0.05, 0.1) is 11.3 Å². The SMILES string of the molecule is CC(=O)Nc1ccc(N2C(=O)C(c3ccccc3)=C(N(C)Cc3ccccc3)C2=O)cc1. The molecule has 160 valence electrons. The molecule has 0 aromatic heterocycles. The lowest BCUT2D eigenvalue weighted by Crippen LogP contribution is -2.34. The molecule has 1 N–H and O–H groups in total. The number of rotatable bonds is 6. The summed E-state index contributed by atoms with van der Waals surface area (Å²) in [6, 6.07) is 25.7. The third kappa shape index (κ3) is 4.16. The van der Waals surface area contributed by atoms with E-state index in [2.05, 4.69) is 5.32 Å². The van der Waals surface area contributed by atoms with E-state index in [9.17, 15) is 14.4 Å². The molecular weight excluding hydrogens is 402 g/mol. The van der Waals surface area contributed by atoms with Crippen molar-refractivity contribution in [2.24, 2.45) is 0 Å². The molecule has 6 nitrogen and oxygen atoms in total. The Morgan fingerprint density at radius 1 is 0.844 bits per heavy atom. The third-order valence-corrected chi connectivity index (χ3v) is 5.21. The maximum atomic E-state index is 13.5. The van der Waals surface area contributed by atoms with Crippen molar-refractivity contribution in [1.29, 1.82) is 0 Å². The van der Waals surface area contributed by atoms with E-state index in [0.29, 0.717) is 34.8 Å². The van der Waals surface area contributed by atoms with E-state index in [-0.39, 0.29) is 17.7 Å². The first-order valence-corrected chi connectivity index (χ1v) is 10.3. The standard InChI is InChI=1S/C26H23N3O3/c1-18(30)27-21-13-15-22(16-14-21)29-25(31)23(20-11-7-4-8-12-20)24(26(29)32)28(2)17-19-9-5-3-6-10-19/h3-16H,17H2,1-2H3,(H,27,30). The second-order valence-corrected chi connectivity index (χ2v) is 7.61. The Labute approximate surface area is 186 Å². The highest BCUT2D eigenvalue weighted by atomic mass is 16.2. The Bertz CT molecular complexity index is 1190. The van der Waals surface area contributed by atoms with Crippen molar-refractivity contribution in [3.8, 4) is 0 Å². The molecule has 0 bridgehead atoms. The van der Waals surface area contributed by atoms with Crippen molar-refractivity contribution in [2.75, 3.05) is 17.3 Å². The average molecular weight is 425 g/mol. The molecule has 0 saturated carbocycles. The number of benzene rings is 3. The summed E-state index contributed by atoms with van der Waals surface area (Å²) >= 11 is 0. The molecule has 0 aliphatic carbocycles. The van der Waals surface area contributed by atoms with Crippen LogP contribution in [-0.4, -0.2) is 29.7 Å². The second kappa shape index (κ2) is 8.89. The highest BCUT2D eigenvalue weighted by Crippen LogP contribution is 2.35. The first kappa shape index (κ1) is 21.1. The number of carbonyl (C=O) groups is 3. The van der Waals surface area contributed by atoms with Gasteiger partial charge in [-0.3, -0.25) is 14.4 Å². The number of nitrogens with one attached hydrogen (secondary N) is 1. The molecule has 0 fully saturated rings. The maximum absolute atomic E-state index is 13.5. The minimum absolute atomic E-state index is 0.191. The molecule has 4 rings (SSSR count). The smallest absolute Gasteiger partial charge is 0.282 e. The zero-order chi connectivity index (χ0) is 22.7. The highest BCUT2D eigenvalue weighted by Gasteiger charge is 2.41. The Balaban J connectivity index is 1.72. The van der Waals surface area contributed by atoms with Gasteiger partial charge in [-0.2, -0.15) is 0 Å². The molecule has 3 amide bonds. The van der Waals surface area contributed by atoms with E-state index < -0.39 is 0 Å². The van der Waals surface area contributed by atoms with Gasteiger partial charge in [0.15, 0.2) is 0 Å². The Kier molecular flexibility index (Phi) is 5.85. The molecule has 6 heteroatoms. The van der Waals surface area contributed by atoms with E-state index in [1.807, 2.05) is 72.6 Å². The van der Waals surface area contributed by atoms with Crippen LogP contribution in [0.2, 0.25) is 0 Å². The molecule has 1 heterocycles. The maximum Gasteiger partial charge on any atom is 0.282 e. The van der Waals surface area contributed by atoms with Gasteiger partial charge in [0, 0.05) is 26.2 Å². The van der Waals surface area contributed by atoms with Crippen molar-refractivity contribution in [1.82, 2.24) is 4.90 Å². The van der Waals surface area contributed by atoms with Gasteiger partial charge in [0.25, 0.3) is 11.8 Å². The number of hydrogen-bond acceptors (Lipinski definition) is 4. The van der Waals surface area contributed by atoms with Crippen LogP contribution in [-0.2, 0) is 20.9 Å². The van der Waals surface area contributed by atoms with Gasteiger partial charge in [0.1, 0.15) is 5.70 Å². The van der Waals surface area contributed by atoms with Crippen LogP contribution in [0.15, 0.2) is 90.6 Å². The Hall–Kier alpha value is -4.19. The lowest BCUT2D eigenvalue weighted by molar-refractivity contribution is -0.120. The first-order chi connectivity index (χ1) is 15.5. The lowest BCUT2D eigenvalue weighted by atomic mass is 10.0. The predicted octanol–water partition coefficient (Wildman–Crippen LogP) is 4.06. The number of nitrogens with zero attached hydrogens (tertiary/aromatic N) is 2. The quantitative estimate of drug-likeness (QED) is 0.605. The number of imide groups is 1. The summed E-state index contributed by atoms with van der Waals surface area (Å²) in [7, 11) is 1.82. The van der Waals surface area contributed by atoms with Gasteiger partial charge in [-0.25, -0.2) is 4.90 Å². The molecule has 0 spiro atoms. The number of amides is 3. The van der Waals surface area contributed by atoms with Gasteiger partial charge in [-0.1, -0.05) is 60.7 Å².